The lowest BCUT2D eigenvalue weighted by Gasteiger charge is -2.17. The predicted octanol–water partition coefficient (Wildman–Crippen LogP) is 3.69. The van der Waals surface area contributed by atoms with E-state index in [0.29, 0.717) is 23.9 Å². The maximum absolute atomic E-state index is 12.6. The average Bonchev–Trinajstić information content (AvgIpc) is 3.50. The molecular formula is C22H28N2O4S. The fraction of sp³-hybridized carbons (Fsp3) is 0.409. The average molecular weight is 417 g/mol. The number of rotatable bonds is 9. The summed E-state index contributed by atoms with van der Waals surface area (Å²) in [7, 11) is -2.23. The summed E-state index contributed by atoms with van der Waals surface area (Å²) in [6, 6.07) is 13.4. The molecule has 1 aliphatic rings. The van der Waals surface area contributed by atoms with Crippen molar-refractivity contribution >= 4 is 21.6 Å². The number of nitrogens with one attached hydrogen (secondary N) is 2. The summed E-state index contributed by atoms with van der Waals surface area (Å²) in [6.45, 7) is 4.94. The van der Waals surface area contributed by atoms with Gasteiger partial charge in [0.1, 0.15) is 5.75 Å². The summed E-state index contributed by atoms with van der Waals surface area (Å²) < 4.78 is 32.9. The molecule has 1 aliphatic carbocycles. The van der Waals surface area contributed by atoms with Crippen molar-refractivity contribution in [3.8, 4) is 5.75 Å². The Balaban J connectivity index is 1.69. The van der Waals surface area contributed by atoms with E-state index in [4.69, 9.17) is 4.74 Å². The highest BCUT2D eigenvalue weighted by Gasteiger charge is 2.51. The minimum absolute atomic E-state index is 0.0582. The van der Waals surface area contributed by atoms with Crippen LogP contribution in [0.2, 0.25) is 0 Å². The molecule has 0 radical (unpaired) electrons. The van der Waals surface area contributed by atoms with E-state index in [2.05, 4.69) is 23.9 Å². The molecule has 156 valence electrons. The van der Waals surface area contributed by atoms with Crippen LogP contribution in [0.4, 0.5) is 5.69 Å². The van der Waals surface area contributed by atoms with E-state index >= 15 is 0 Å². The Morgan fingerprint density at radius 2 is 1.83 bits per heavy atom. The summed E-state index contributed by atoms with van der Waals surface area (Å²) in [5, 5.41) is 3.04. The lowest BCUT2D eigenvalue weighted by atomic mass is 9.94. The van der Waals surface area contributed by atoms with Crippen LogP contribution in [0.3, 0.4) is 0 Å². The lowest BCUT2D eigenvalue weighted by molar-refractivity contribution is -0.123. The molecule has 7 heteroatoms. The van der Waals surface area contributed by atoms with Crippen LogP contribution in [-0.4, -0.2) is 28.0 Å². The molecule has 29 heavy (non-hydrogen) atoms. The molecule has 0 bridgehead atoms. The zero-order valence-corrected chi connectivity index (χ0v) is 17.9. The fourth-order valence-corrected chi connectivity index (χ4v) is 4.35. The second kappa shape index (κ2) is 8.45. The van der Waals surface area contributed by atoms with E-state index in [1.54, 1.807) is 24.3 Å². The van der Waals surface area contributed by atoms with Crippen LogP contribution in [0, 0.1) is 5.92 Å². The Bertz CT molecular complexity index is 965. The number of amides is 1. The van der Waals surface area contributed by atoms with Gasteiger partial charge in [-0.05, 0) is 55.0 Å². The van der Waals surface area contributed by atoms with Crippen LogP contribution in [0.5, 0.6) is 5.75 Å². The molecule has 0 aromatic heterocycles. The highest BCUT2D eigenvalue weighted by Crippen LogP contribution is 2.48. The van der Waals surface area contributed by atoms with Crippen LogP contribution in [0.1, 0.15) is 38.7 Å². The standard InChI is InChI=1S/C22H28N2O4S/c1-16(2)11-14-23-21(25)22(12-13-22)17-7-9-18(10-8-17)24-29(26,27)20-6-4-5-19(15-20)28-3/h4-10,15-16,24H,11-14H2,1-3H3,(H,23,25). The van der Waals surface area contributed by atoms with Gasteiger partial charge in [-0.2, -0.15) is 0 Å². The molecule has 0 unspecified atom stereocenters. The van der Waals surface area contributed by atoms with Gasteiger partial charge in [0.25, 0.3) is 10.0 Å². The third kappa shape index (κ3) is 4.90. The van der Waals surface area contributed by atoms with Crippen molar-refractivity contribution in [2.24, 2.45) is 5.92 Å². The lowest BCUT2D eigenvalue weighted by Crippen LogP contribution is -2.35. The van der Waals surface area contributed by atoms with Gasteiger partial charge in [0.15, 0.2) is 0 Å². The summed E-state index contributed by atoms with van der Waals surface area (Å²) in [4.78, 5) is 12.8. The predicted molar refractivity (Wildman–Crippen MR) is 114 cm³/mol. The third-order valence-corrected chi connectivity index (χ3v) is 6.61. The van der Waals surface area contributed by atoms with E-state index in [-0.39, 0.29) is 10.8 Å². The van der Waals surface area contributed by atoms with Crippen molar-refractivity contribution < 1.29 is 17.9 Å². The SMILES string of the molecule is COc1cccc(S(=O)(=O)Nc2ccc(C3(C(=O)NCCC(C)C)CC3)cc2)c1. The number of carbonyl (C=O) groups is 1. The molecule has 2 N–H and O–H groups in total. The minimum Gasteiger partial charge on any atom is -0.497 e. The third-order valence-electron chi connectivity index (χ3n) is 5.23. The molecule has 3 rings (SSSR count). The quantitative estimate of drug-likeness (QED) is 0.653. The Kier molecular flexibility index (Phi) is 6.17. The van der Waals surface area contributed by atoms with Crippen LogP contribution in [0.25, 0.3) is 0 Å². The zero-order valence-electron chi connectivity index (χ0n) is 17.1. The van der Waals surface area contributed by atoms with Gasteiger partial charge >= 0.3 is 0 Å². The van der Waals surface area contributed by atoms with Gasteiger partial charge in [-0.15, -0.1) is 0 Å². The molecule has 0 aliphatic heterocycles. The first-order chi connectivity index (χ1) is 13.8. The molecule has 6 nitrogen and oxygen atoms in total. The molecule has 0 heterocycles. The van der Waals surface area contributed by atoms with Gasteiger partial charge in [0, 0.05) is 18.3 Å². The number of carbonyl (C=O) groups excluding carboxylic acids is 1. The number of methoxy groups -OCH3 is 1. The molecule has 0 atom stereocenters. The van der Waals surface area contributed by atoms with Gasteiger partial charge < -0.3 is 10.1 Å². The van der Waals surface area contributed by atoms with Crippen molar-refractivity contribution in [2.45, 2.75) is 43.4 Å². The number of anilines is 1. The molecule has 1 saturated carbocycles. The van der Waals surface area contributed by atoms with Crippen molar-refractivity contribution in [1.82, 2.24) is 5.32 Å². The second-order valence-corrected chi connectivity index (χ2v) is 9.56. The highest BCUT2D eigenvalue weighted by molar-refractivity contribution is 7.92. The Labute approximate surface area is 172 Å². The monoisotopic (exact) mass is 416 g/mol. The van der Waals surface area contributed by atoms with Crippen molar-refractivity contribution in [3.05, 3.63) is 54.1 Å². The molecule has 1 fully saturated rings. The molecule has 1 amide bonds. The number of ether oxygens (including phenoxy) is 1. The Morgan fingerprint density at radius 1 is 1.14 bits per heavy atom. The van der Waals surface area contributed by atoms with Crippen LogP contribution >= 0.6 is 0 Å². The number of hydrogen-bond donors (Lipinski definition) is 2. The summed E-state index contributed by atoms with van der Waals surface area (Å²) in [5.41, 5.74) is 0.901. The number of sulfonamides is 1. The van der Waals surface area contributed by atoms with Crippen LogP contribution in [-0.2, 0) is 20.2 Å². The molecule has 2 aromatic carbocycles. The van der Waals surface area contributed by atoms with Crippen molar-refractivity contribution in [1.29, 1.82) is 0 Å². The maximum atomic E-state index is 12.6. The van der Waals surface area contributed by atoms with Crippen LogP contribution < -0.4 is 14.8 Å². The van der Waals surface area contributed by atoms with E-state index in [1.165, 1.54) is 19.2 Å². The number of hydrogen-bond acceptors (Lipinski definition) is 4. The van der Waals surface area contributed by atoms with Gasteiger partial charge in [-0.1, -0.05) is 32.0 Å². The van der Waals surface area contributed by atoms with E-state index < -0.39 is 15.4 Å². The minimum atomic E-state index is -3.72. The fourth-order valence-electron chi connectivity index (χ4n) is 3.26. The van der Waals surface area contributed by atoms with Gasteiger partial charge in [-0.3, -0.25) is 9.52 Å². The Hall–Kier alpha value is -2.54. The van der Waals surface area contributed by atoms with E-state index in [9.17, 15) is 13.2 Å². The van der Waals surface area contributed by atoms with Crippen LogP contribution in [0.15, 0.2) is 53.4 Å². The molecular weight excluding hydrogens is 388 g/mol. The van der Waals surface area contributed by atoms with Gasteiger partial charge in [-0.25, -0.2) is 8.42 Å². The smallest absolute Gasteiger partial charge is 0.262 e. The summed E-state index contributed by atoms with van der Waals surface area (Å²) in [5.74, 6) is 1.08. The van der Waals surface area contributed by atoms with E-state index in [0.717, 1.165) is 24.8 Å². The summed E-state index contributed by atoms with van der Waals surface area (Å²) in [6.07, 6.45) is 2.58. The van der Waals surface area contributed by atoms with Gasteiger partial charge in [0.05, 0.1) is 17.4 Å². The second-order valence-electron chi connectivity index (χ2n) is 7.88. The van der Waals surface area contributed by atoms with E-state index in [1.807, 2.05) is 12.1 Å². The Morgan fingerprint density at radius 3 is 2.41 bits per heavy atom. The molecule has 0 saturated heterocycles. The zero-order chi connectivity index (χ0) is 21.1. The van der Waals surface area contributed by atoms with Crippen molar-refractivity contribution in [3.63, 3.8) is 0 Å². The van der Waals surface area contributed by atoms with Gasteiger partial charge in [0.2, 0.25) is 5.91 Å². The first-order valence-electron chi connectivity index (χ1n) is 9.82. The normalized spacial score (nSPS) is 15.0. The number of benzene rings is 2. The maximum Gasteiger partial charge on any atom is 0.262 e. The van der Waals surface area contributed by atoms with Crippen molar-refractivity contribution in [2.75, 3.05) is 18.4 Å². The molecule has 2 aromatic rings. The first kappa shape index (κ1) is 21.2. The molecule has 0 spiro atoms. The topological polar surface area (TPSA) is 84.5 Å². The largest absolute Gasteiger partial charge is 0.497 e. The highest BCUT2D eigenvalue weighted by atomic mass is 32.2. The summed E-state index contributed by atoms with van der Waals surface area (Å²) >= 11 is 0. The first-order valence-corrected chi connectivity index (χ1v) is 11.3.